The average Bonchev–Trinajstić information content (AvgIpc) is 3.76. The summed E-state index contributed by atoms with van der Waals surface area (Å²) in [6, 6.07) is 72.0. The van der Waals surface area contributed by atoms with E-state index in [2.05, 4.69) is 197 Å². The van der Waals surface area contributed by atoms with Gasteiger partial charge in [-0.15, -0.1) is 0 Å². The van der Waals surface area contributed by atoms with Crippen LogP contribution in [0.4, 0.5) is 0 Å². The molecule has 8 aromatic carbocycles. The Bertz CT molecular complexity index is 3120. The van der Waals surface area contributed by atoms with Gasteiger partial charge in [0.15, 0.2) is 0 Å². The van der Waals surface area contributed by atoms with Crippen molar-refractivity contribution in [3.8, 4) is 45.0 Å². The third kappa shape index (κ3) is 4.79. The molecule has 0 amide bonds. The van der Waals surface area contributed by atoms with Gasteiger partial charge >= 0.3 is 0 Å². The minimum atomic E-state index is 0.961. The molecular weight excluding hydrogens is 655 g/mol. The van der Waals surface area contributed by atoms with Gasteiger partial charge in [0.05, 0.1) is 33.5 Å². The van der Waals surface area contributed by atoms with Crippen LogP contribution in [0.15, 0.2) is 200 Å². The fraction of sp³-hybridized carbons (Fsp3) is 0. The lowest BCUT2D eigenvalue weighted by Crippen LogP contribution is -1.96. The molecule has 3 heteroatoms. The molecular formula is C51H33N3. The number of fused-ring (bicyclic) bond motifs is 8. The van der Waals surface area contributed by atoms with E-state index in [-0.39, 0.29) is 0 Å². The van der Waals surface area contributed by atoms with Gasteiger partial charge in [-0.3, -0.25) is 0 Å². The molecule has 3 nitrogen and oxygen atoms in total. The molecule has 0 bridgehead atoms. The van der Waals surface area contributed by atoms with Gasteiger partial charge < -0.3 is 9.13 Å². The standard InChI is InChI=1S/C51H33N3/c1-4-14-35(15-5-1)45-31-39(32-46(52-45)36-16-6-2-7-17-36)34-24-26-41(27-25-34)54-47-23-13-12-22-42(47)43-28-29-48-50(51(43)54)44-30-37-18-10-11-19-38(37)33-49(44)53(48)40-20-8-3-9-21-40/h1-33H. The highest BCUT2D eigenvalue weighted by Crippen LogP contribution is 2.43. The Labute approximate surface area is 312 Å². The Morgan fingerprint density at radius 3 is 1.57 bits per heavy atom. The van der Waals surface area contributed by atoms with Crippen LogP contribution in [0.5, 0.6) is 0 Å². The summed E-state index contributed by atoms with van der Waals surface area (Å²) in [6.07, 6.45) is 0. The van der Waals surface area contributed by atoms with Crippen LogP contribution in [0.3, 0.4) is 0 Å². The summed E-state index contributed by atoms with van der Waals surface area (Å²) in [4.78, 5) is 5.12. The van der Waals surface area contributed by atoms with Crippen LogP contribution in [-0.2, 0) is 0 Å². The largest absolute Gasteiger partial charge is 0.309 e. The second-order valence-electron chi connectivity index (χ2n) is 14.0. The Morgan fingerprint density at radius 1 is 0.315 bits per heavy atom. The molecule has 11 rings (SSSR count). The van der Waals surface area contributed by atoms with Crippen molar-refractivity contribution in [1.82, 2.24) is 14.1 Å². The molecule has 0 unspecified atom stereocenters. The molecule has 0 radical (unpaired) electrons. The van der Waals surface area contributed by atoms with E-state index in [4.69, 9.17) is 4.98 Å². The Kier molecular flexibility index (Phi) is 6.86. The van der Waals surface area contributed by atoms with Gasteiger partial charge in [-0.25, -0.2) is 4.98 Å². The van der Waals surface area contributed by atoms with Crippen LogP contribution in [-0.4, -0.2) is 14.1 Å². The van der Waals surface area contributed by atoms with Crippen molar-refractivity contribution in [3.63, 3.8) is 0 Å². The number of para-hydroxylation sites is 2. The fourth-order valence-electron chi connectivity index (χ4n) is 8.38. The van der Waals surface area contributed by atoms with E-state index in [0.717, 1.165) is 45.0 Å². The molecule has 0 aliphatic heterocycles. The average molecular weight is 688 g/mol. The minimum absolute atomic E-state index is 0.961. The van der Waals surface area contributed by atoms with Gasteiger partial charge in [0.25, 0.3) is 0 Å². The van der Waals surface area contributed by atoms with Crippen molar-refractivity contribution in [2.45, 2.75) is 0 Å². The van der Waals surface area contributed by atoms with E-state index in [0.29, 0.717) is 0 Å². The first-order valence-corrected chi connectivity index (χ1v) is 18.5. The molecule has 0 saturated carbocycles. The predicted octanol–water partition coefficient (Wildman–Crippen LogP) is 13.4. The van der Waals surface area contributed by atoms with Gasteiger partial charge in [0, 0.05) is 44.0 Å². The lowest BCUT2D eigenvalue weighted by Gasteiger charge is -2.13. The summed E-state index contributed by atoms with van der Waals surface area (Å²) in [7, 11) is 0. The fourth-order valence-corrected chi connectivity index (χ4v) is 8.38. The van der Waals surface area contributed by atoms with Crippen molar-refractivity contribution in [3.05, 3.63) is 200 Å². The maximum atomic E-state index is 5.12. The maximum absolute atomic E-state index is 5.12. The molecule has 0 aliphatic carbocycles. The topological polar surface area (TPSA) is 22.8 Å². The predicted molar refractivity (Wildman–Crippen MR) is 227 cm³/mol. The molecule has 54 heavy (non-hydrogen) atoms. The van der Waals surface area contributed by atoms with Crippen LogP contribution < -0.4 is 0 Å². The van der Waals surface area contributed by atoms with E-state index in [1.807, 2.05) is 12.1 Å². The number of benzene rings is 8. The zero-order valence-corrected chi connectivity index (χ0v) is 29.4. The van der Waals surface area contributed by atoms with Crippen LogP contribution in [0.2, 0.25) is 0 Å². The molecule has 0 fully saturated rings. The van der Waals surface area contributed by atoms with E-state index in [1.54, 1.807) is 0 Å². The Balaban J connectivity index is 1.16. The zero-order chi connectivity index (χ0) is 35.6. The number of nitrogens with zero attached hydrogens (tertiary/aromatic N) is 3. The number of hydrogen-bond acceptors (Lipinski definition) is 1. The van der Waals surface area contributed by atoms with Crippen LogP contribution in [0.1, 0.15) is 0 Å². The summed E-state index contributed by atoms with van der Waals surface area (Å²) < 4.78 is 4.90. The highest BCUT2D eigenvalue weighted by molar-refractivity contribution is 6.27. The third-order valence-electron chi connectivity index (χ3n) is 10.9. The third-order valence-corrected chi connectivity index (χ3v) is 10.9. The van der Waals surface area contributed by atoms with Gasteiger partial charge in [-0.2, -0.15) is 0 Å². The Morgan fingerprint density at radius 2 is 0.889 bits per heavy atom. The van der Waals surface area contributed by atoms with Crippen LogP contribution in [0.25, 0.3) is 99.4 Å². The molecule has 0 N–H and O–H groups in total. The molecule has 0 aliphatic rings. The summed E-state index contributed by atoms with van der Waals surface area (Å²) >= 11 is 0. The van der Waals surface area contributed by atoms with Gasteiger partial charge in [-0.1, -0.05) is 140 Å². The van der Waals surface area contributed by atoms with Crippen molar-refractivity contribution in [2.75, 3.05) is 0 Å². The monoisotopic (exact) mass is 687 g/mol. The lowest BCUT2D eigenvalue weighted by atomic mass is 9.99. The second-order valence-corrected chi connectivity index (χ2v) is 14.0. The smallest absolute Gasteiger partial charge is 0.0715 e. The van der Waals surface area contributed by atoms with Crippen LogP contribution >= 0.6 is 0 Å². The van der Waals surface area contributed by atoms with E-state index >= 15 is 0 Å². The van der Waals surface area contributed by atoms with E-state index < -0.39 is 0 Å². The van der Waals surface area contributed by atoms with Crippen molar-refractivity contribution < 1.29 is 0 Å². The van der Waals surface area contributed by atoms with E-state index in [1.165, 1.54) is 54.4 Å². The minimum Gasteiger partial charge on any atom is -0.309 e. The SMILES string of the molecule is c1ccc(-c2cc(-c3ccc(-n4c5ccccc5c5ccc6c(c7cc8ccccc8cc7n6-c6ccccc6)c54)cc3)cc(-c3ccccc3)n2)cc1. The molecule has 11 aromatic rings. The quantitative estimate of drug-likeness (QED) is 0.177. The number of aromatic nitrogens is 3. The summed E-state index contributed by atoms with van der Waals surface area (Å²) in [5, 5.41) is 7.47. The second kappa shape index (κ2) is 12.2. The normalized spacial score (nSPS) is 11.7. The molecule has 0 atom stereocenters. The van der Waals surface area contributed by atoms with Gasteiger partial charge in [0.1, 0.15) is 0 Å². The van der Waals surface area contributed by atoms with Crippen molar-refractivity contribution in [2.24, 2.45) is 0 Å². The van der Waals surface area contributed by atoms with Gasteiger partial charge in [0.2, 0.25) is 0 Å². The number of hydrogen-bond donors (Lipinski definition) is 0. The highest BCUT2D eigenvalue weighted by atomic mass is 15.0. The molecule has 0 spiro atoms. The maximum Gasteiger partial charge on any atom is 0.0715 e. The molecule has 3 heterocycles. The Hall–Kier alpha value is -7.23. The first-order valence-electron chi connectivity index (χ1n) is 18.5. The molecule has 3 aromatic heterocycles. The first-order chi connectivity index (χ1) is 26.8. The highest BCUT2D eigenvalue weighted by Gasteiger charge is 2.21. The summed E-state index contributed by atoms with van der Waals surface area (Å²) in [5.74, 6) is 0. The van der Waals surface area contributed by atoms with Crippen molar-refractivity contribution in [1.29, 1.82) is 0 Å². The van der Waals surface area contributed by atoms with Crippen molar-refractivity contribution >= 4 is 54.4 Å². The zero-order valence-electron chi connectivity index (χ0n) is 29.4. The first kappa shape index (κ1) is 30.4. The number of pyridine rings is 1. The summed E-state index contributed by atoms with van der Waals surface area (Å²) in [6.45, 7) is 0. The molecule has 252 valence electrons. The summed E-state index contributed by atoms with van der Waals surface area (Å²) in [5.41, 5.74) is 13.5. The number of rotatable bonds is 5. The van der Waals surface area contributed by atoms with Crippen LogP contribution in [0, 0.1) is 0 Å². The molecule has 0 saturated heterocycles. The lowest BCUT2D eigenvalue weighted by molar-refractivity contribution is 1.17. The van der Waals surface area contributed by atoms with Gasteiger partial charge in [-0.05, 0) is 82.6 Å². The van der Waals surface area contributed by atoms with E-state index in [9.17, 15) is 0 Å².